The molecule has 1 heterocycles. The first-order valence-corrected chi connectivity index (χ1v) is 10.1. The molecule has 3 amide bonds. The second-order valence-corrected chi connectivity index (χ2v) is 6.99. The number of hydroxylamine groups is 2. The van der Waals surface area contributed by atoms with E-state index in [1.807, 2.05) is 0 Å². The van der Waals surface area contributed by atoms with Crippen molar-refractivity contribution >= 4 is 29.7 Å². The minimum atomic E-state index is -0.955. The zero-order valence-electron chi connectivity index (χ0n) is 17.0. The predicted octanol–water partition coefficient (Wildman–Crippen LogP) is 0.220. The summed E-state index contributed by atoms with van der Waals surface area (Å²) in [6.07, 6.45) is 1.55. The average molecular weight is 430 g/mol. The Morgan fingerprint density at radius 3 is 2.33 bits per heavy atom. The average Bonchev–Trinajstić information content (AvgIpc) is 3.01. The summed E-state index contributed by atoms with van der Waals surface area (Å²) in [7, 11) is 0. The number of aliphatic hydroxyl groups excluding tert-OH is 2. The Kier molecular flexibility index (Phi) is 12.3. The van der Waals surface area contributed by atoms with E-state index in [1.54, 1.807) is 0 Å². The third kappa shape index (κ3) is 10.3. The molecule has 1 aliphatic rings. The predicted molar refractivity (Wildman–Crippen MR) is 102 cm³/mol. The molecule has 1 rings (SSSR count). The monoisotopic (exact) mass is 430 g/mol. The number of hydrogen-bond acceptors (Lipinski definition) is 9. The molecule has 0 aromatic heterocycles. The van der Waals surface area contributed by atoms with Crippen LogP contribution in [-0.4, -0.2) is 71.3 Å². The normalized spacial score (nSPS) is 14.5. The Hall–Kier alpha value is -2.53. The number of imide groups is 1. The number of hydrogen-bond donors (Lipinski definition) is 3. The molecule has 1 saturated heterocycles. The van der Waals surface area contributed by atoms with Gasteiger partial charge in [0.1, 0.15) is 12.2 Å². The lowest BCUT2D eigenvalue weighted by atomic mass is 10.0. The van der Waals surface area contributed by atoms with E-state index in [0.717, 1.165) is 0 Å². The molecule has 0 bridgehead atoms. The number of aliphatic hydroxyl groups is 2. The van der Waals surface area contributed by atoms with E-state index in [-0.39, 0.29) is 51.5 Å². The van der Waals surface area contributed by atoms with Crippen molar-refractivity contribution in [3.8, 4) is 0 Å². The maximum Gasteiger partial charge on any atom is 0.407 e. The van der Waals surface area contributed by atoms with Gasteiger partial charge in [-0.25, -0.2) is 9.59 Å². The summed E-state index contributed by atoms with van der Waals surface area (Å²) in [6.45, 7) is 0.454. The largest absolute Gasteiger partial charge is 0.449 e. The Bertz CT molecular complexity index is 593. The Balaban J connectivity index is 2.11. The zero-order valence-corrected chi connectivity index (χ0v) is 17.0. The van der Waals surface area contributed by atoms with Gasteiger partial charge in [-0.3, -0.25) is 14.4 Å². The minimum absolute atomic E-state index is 0.0136. The van der Waals surface area contributed by atoms with Gasteiger partial charge in [0, 0.05) is 39.0 Å². The molecule has 30 heavy (non-hydrogen) atoms. The third-order valence-electron chi connectivity index (χ3n) is 4.45. The van der Waals surface area contributed by atoms with E-state index < -0.39 is 36.1 Å². The summed E-state index contributed by atoms with van der Waals surface area (Å²) < 4.78 is 5.08. The van der Waals surface area contributed by atoms with Crippen molar-refractivity contribution in [3.63, 3.8) is 0 Å². The van der Waals surface area contributed by atoms with Crippen molar-refractivity contribution < 1.29 is 43.8 Å². The van der Waals surface area contributed by atoms with E-state index in [1.165, 1.54) is 0 Å². The van der Waals surface area contributed by atoms with Gasteiger partial charge >= 0.3 is 12.1 Å². The van der Waals surface area contributed by atoms with Gasteiger partial charge in [0.2, 0.25) is 0 Å². The second-order valence-electron chi connectivity index (χ2n) is 6.99. The fourth-order valence-electron chi connectivity index (χ4n) is 2.80. The first kappa shape index (κ1) is 25.5. The van der Waals surface area contributed by atoms with Crippen molar-refractivity contribution in [1.82, 2.24) is 10.4 Å². The van der Waals surface area contributed by atoms with Gasteiger partial charge in [-0.05, 0) is 38.0 Å². The molecule has 1 fully saturated rings. The Morgan fingerprint density at radius 1 is 1.00 bits per heavy atom. The van der Waals surface area contributed by atoms with E-state index >= 15 is 0 Å². The summed E-state index contributed by atoms with van der Waals surface area (Å²) in [5, 5.41) is 20.8. The van der Waals surface area contributed by atoms with Crippen LogP contribution < -0.4 is 5.32 Å². The number of nitrogens with one attached hydrogen (secondary N) is 1. The SMILES string of the molecule is O=C(CCCCNC(=O)OCC(CCO)CCCO)CC(=O)ON1C(=O)CCC1=O. The first-order valence-electron chi connectivity index (χ1n) is 10.1. The van der Waals surface area contributed by atoms with Crippen LogP contribution in [0.3, 0.4) is 0 Å². The van der Waals surface area contributed by atoms with Crippen LogP contribution in [0.25, 0.3) is 0 Å². The van der Waals surface area contributed by atoms with Crippen LogP contribution in [-0.2, 0) is 28.8 Å². The quantitative estimate of drug-likeness (QED) is 0.188. The van der Waals surface area contributed by atoms with E-state index in [4.69, 9.17) is 14.9 Å². The van der Waals surface area contributed by atoms with Crippen molar-refractivity contribution in [2.24, 2.45) is 5.92 Å². The lowest BCUT2D eigenvalue weighted by Crippen LogP contribution is -2.32. The summed E-state index contributed by atoms with van der Waals surface area (Å²) in [6, 6.07) is 0. The lowest BCUT2D eigenvalue weighted by Gasteiger charge is -2.15. The van der Waals surface area contributed by atoms with Gasteiger partial charge in [0.05, 0.1) is 6.61 Å². The van der Waals surface area contributed by atoms with E-state index in [0.29, 0.717) is 37.2 Å². The minimum Gasteiger partial charge on any atom is -0.449 e. The molecular formula is C19H30N2O9. The highest BCUT2D eigenvalue weighted by atomic mass is 16.7. The van der Waals surface area contributed by atoms with Gasteiger partial charge in [-0.1, -0.05) is 0 Å². The molecule has 170 valence electrons. The molecule has 1 unspecified atom stereocenters. The van der Waals surface area contributed by atoms with Gasteiger partial charge < -0.3 is 25.1 Å². The summed E-state index contributed by atoms with van der Waals surface area (Å²) in [5.41, 5.74) is 0. The van der Waals surface area contributed by atoms with Crippen molar-refractivity contribution in [3.05, 3.63) is 0 Å². The van der Waals surface area contributed by atoms with Gasteiger partial charge in [-0.2, -0.15) is 0 Å². The van der Waals surface area contributed by atoms with Crippen LogP contribution in [0.1, 0.15) is 57.8 Å². The molecule has 0 aromatic rings. The molecule has 0 aromatic carbocycles. The number of nitrogens with zero attached hydrogens (tertiary/aromatic N) is 1. The maximum atomic E-state index is 11.8. The number of carbonyl (C=O) groups excluding carboxylic acids is 5. The highest BCUT2D eigenvalue weighted by Gasteiger charge is 2.33. The van der Waals surface area contributed by atoms with Crippen LogP contribution in [0.5, 0.6) is 0 Å². The fraction of sp³-hybridized carbons (Fsp3) is 0.737. The van der Waals surface area contributed by atoms with Crippen molar-refractivity contribution in [2.75, 3.05) is 26.4 Å². The molecule has 3 N–H and O–H groups in total. The van der Waals surface area contributed by atoms with E-state index in [9.17, 15) is 24.0 Å². The summed E-state index contributed by atoms with van der Waals surface area (Å²) in [5.74, 6) is -2.57. The topological polar surface area (TPSA) is 160 Å². The Labute approximate surface area is 174 Å². The smallest absolute Gasteiger partial charge is 0.407 e. The summed E-state index contributed by atoms with van der Waals surface area (Å²) in [4.78, 5) is 62.4. The lowest BCUT2D eigenvalue weighted by molar-refractivity contribution is -0.197. The van der Waals surface area contributed by atoms with Gasteiger partial charge in [-0.15, -0.1) is 5.06 Å². The number of ketones is 1. The highest BCUT2D eigenvalue weighted by molar-refractivity contribution is 6.02. The van der Waals surface area contributed by atoms with Gasteiger partial charge in [0.15, 0.2) is 0 Å². The number of amides is 3. The molecule has 0 radical (unpaired) electrons. The number of alkyl carbamates (subject to hydrolysis) is 1. The Morgan fingerprint density at radius 2 is 1.70 bits per heavy atom. The van der Waals surface area contributed by atoms with E-state index in [2.05, 4.69) is 10.2 Å². The van der Waals surface area contributed by atoms with Crippen LogP contribution in [0.15, 0.2) is 0 Å². The summed E-state index contributed by atoms with van der Waals surface area (Å²) >= 11 is 0. The van der Waals surface area contributed by atoms with Crippen LogP contribution in [0.4, 0.5) is 4.79 Å². The van der Waals surface area contributed by atoms with Gasteiger partial charge in [0.25, 0.3) is 11.8 Å². The highest BCUT2D eigenvalue weighted by Crippen LogP contribution is 2.13. The third-order valence-corrected chi connectivity index (χ3v) is 4.45. The molecule has 1 aliphatic heterocycles. The molecule has 11 nitrogen and oxygen atoms in total. The van der Waals surface area contributed by atoms with Crippen LogP contribution in [0, 0.1) is 5.92 Å². The fourth-order valence-corrected chi connectivity index (χ4v) is 2.80. The van der Waals surface area contributed by atoms with Crippen molar-refractivity contribution in [2.45, 2.75) is 57.8 Å². The molecule has 1 atom stereocenters. The van der Waals surface area contributed by atoms with Crippen molar-refractivity contribution in [1.29, 1.82) is 0 Å². The molecule has 11 heteroatoms. The molecule has 0 saturated carbocycles. The number of carbonyl (C=O) groups is 5. The number of unbranched alkanes of at least 4 members (excludes halogenated alkanes) is 1. The standard InChI is InChI=1S/C19H30N2O9/c22-10-3-4-14(8-11-23)13-29-19(28)20-9-2-1-5-15(24)12-18(27)30-21-16(25)6-7-17(21)26/h14,22-23H,1-13H2,(H,20,28). The number of ether oxygens (including phenoxy) is 1. The maximum absolute atomic E-state index is 11.8. The molecule has 0 aliphatic carbocycles. The second kappa shape index (κ2) is 14.5. The first-order chi connectivity index (χ1) is 14.4. The van der Waals surface area contributed by atoms with Crippen LogP contribution >= 0.6 is 0 Å². The number of Topliss-reactive ketones (excluding diaryl/α,β-unsaturated/α-hetero) is 1. The molecule has 0 spiro atoms. The molecular weight excluding hydrogens is 400 g/mol. The zero-order chi connectivity index (χ0) is 22.4. The van der Waals surface area contributed by atoms with Crippen LogP contribution in [0.2, 0.25) is 0 Å². The number of rotatable bonds is 15.